The zero-order chi connectivity index (χ0) is 55.8. The van der Waals surface area contributed by atoms with Gasteiger partial charge in [0.25, 0.3) is 0 Å². The number of unbranched alkanes of at least 4 members (excludes halogenated alkanes) is 13. The molecule has 76 heavy (non-hydrogen) atoms. The largest absolute Gasteiger partial charge is 0.462 e. The lowest BCUT2D eigenvalue weighted by Gasteiger charge is -2.43. The van der Waals surface area contributed by atoms with Crippen LogP contribution in [0.15, 0.2) is 47.6 Å². The molecule has 0 bridgehead atoms. The quantitative estimate of drug-likeness (QED) is 0.0274. The molecule has 0 saturated heterocycles. The molecular weight excluding hydrogens is 951 g/mol. The molecule has 1 N–H and O–H groups in total. The third-order valence-corrected chi connectivity index (χ3v) is 16.3. The Kier molecular flexibility index (Phi) is 38.0. The molecule has 0 fully saturated rings. The van der Waals surface area contributed by atoms with Crippen LogP contribution in [-0.2, 0) is 38.2 Å². The molecule has 0 aliphatic heterocycles. The maximum Gasteiger partial charge on any atom is 0.306 e. The Balaban J connectivity index is 2.37. The van der Waals surface area contributed by atoms with Crippen LogP contribution in [0.3, 0.4) is 0 Å². The number of hydrogen-bond acceptors (Lipinski definition) is 9. The molecule has 2 aliphatic rings. The maximum absolute atomic E-state index is 15.1. The van der Waals surface area contributed by atoms with Gasteiger partial charge in [-0.3, -0.25) is 24.0 Å². The first-order valence-corrected chi connectivity index (χ1v) is 31.2. The van der Waals surface area contributed by atoms with Crippen LogP contribution in [0.4, 0.5) is 0 Å². The molecule has 0 heterocycles. The summed E-state index contributed by atoms with van der Waals surface area (Å²) in [6, 6.07) is 0. The molecule has 0 spiro atoms. The molecule has 0 aromatic rings. The highest BCUT2D eigenvalue weighted by Crippen LogP contribution is 2.34. The third kappa shape index (κ3) is 29.3. The van der Waals surface area contributed by atoms with Crippen LogP contribution in [0.1, 0.15) is 267 Å². The van der Waals surface area contributed by atoms with Crippen molar-refractivity contribution in [2.45, 2.75) is 278 Å². The smallest absolute Gasteiger partial charge is 0.306 e. The Morgan fingerprint density at radius 2 is 1.04 bits per heavy atom. The van der Waals surface area contributed by atoms with E-state index in [4.69, 9.17) is 14.2 Å². The topological polar surface area (TPSA) is 132 Å². The van der Waals surface area contributed by atoms with Gasteiger partial charge in [-0.15, -0.1) is 0 Å². The summed E-state index contributed by atoms with van der Waals surface area (Å²) in [5.41, 5.74) is 3.27. The molecule has 436 valence electrons. The predicted octanol–water partition coefficient (Wildman–Crippen LogP) is 15.6. The van der Waals surface area contributed by atoms with E-state index in [-0.39, 0.29) is 87.6 Å². The van der Waals surface area contributed by atoms with Crippen LogP contribution in [-0.4, -0.2) is 97.1 Å². The Hall–Kier alpha value is -3.73. The van der Waals surface area contributed by atoms with Gasteiger partial charge in [0.2, 0.25) is 11.8 Å². The van der Waals surface area contributed by atoms with Crippen molar-refractivity contribution in [1.82, 2.24) is 15.1 Å². The number of allylic oxidation sites excluding steroid dienone is 4. The summed E-state index contributed by atoms with van der Waals surface area (Å²) in [5.74, 6) is -0.337. The summed E-state index contributed by atoms with van der Waals surface area (Å²) in [5, 5.41) is 3.21. The van der Waals surface area contributed by atoms with Crippen LogP contribution < -0.4 is 5.32 Å². The van der Waals surface area contributed by atoms with Gasteiger partial charge in [0, 0.05) is 38.8 Å². The van der Waals surface area contributed by atoms with Crippen molar-refractivity contribution in [3.05, 3.63) is 47.6 Å². The monoisotopic (exact) mass is 1060 g/mol. The minimum Gasteiger partial charge on any atom is -0.462 e. The van der Waals surface area contributed by atoms with Gasteiger partial charge in [0.15, 0.2) is 0 Å². The normalized spacial score (nSPS) is 16.4. The number of rotatable bonds is 46. The molecule has 0 aromatic heterocycles. The summed E-state index contributed by atoms with van der Waals surface area (Å²) < 4.78 is 17.8. The molecule has 11 nitrogen and oxygen atoms in total. The standard InChI is InChI=1S/C65H113N3O8/c1-10-15-18-20-22-24-32-59(33-25-23-21-19-16-11-2)76-63(72)35-27-26-34-60(69)68(50-29-28-49-67(13-4)14-5)65(64(73)66-48-17-12-3,46-30-36-61(70)74-51-55-38-42-57(43-39-55)53(6)7)47-31-37-62(71)75-52-56-40-44-58(45-41-56)54(8)9/h38,40,57-59H,6,8,10-37,39,41-52H2,1-5,7,9H3,(H,66,73). The number of carbonyl (C=O) groups is 5. The zero-order valence-corrected chi connectivity index (χ0v) is 50.0. The highest BCUT2D eigenvalue weighted by molar-refractivity contribution is 5.91. The summed E-state index contributed by atoms with van der Waals surface area (Å²) in [6.07, 6.45) is 31.9. The molecule has 0 aromatic carbocycles. The summed E-state index contributed by atoms with van der Waals surface area (Å²) in [6.45, 7) is 27.3. The summed E-state index contributed by atoms with van der Waals surface area (Å²) in [7, 11) is 0. The van der Waals surface area contributed by atoms with E-state index in [0.717, 1.165) is 127 Å². The third-order valence-electron chi connectivity index (χ3n) is 16.3. The SMILES string of the molecule is C=C(C)C1CC=C(COC(=O)CCCC(CCCC(=O)OCC2=CCC(C(=C)C)CC2)(C(=O)NCCCC)N(CCCCN(CC)CC)C(=O)CCCCC(=O)OC(CCCCCCCC)CCCCCCCC)CC1. The van der Waals surface area contributed by atoms with Gasteiger partial charge in [-0.2, -0.15) is 0 Å². The van der Waals surface area contributed by atoms with E-state index in [0.29, 0.717) is 57.0 Å². The van der Waals surface area contributed by atoms with Gasteiger partial charge >= 0.3 is 17.9 Å². The number of nitrogens with one attached hydrogen (secondary N) is 1. The molecular formula is C65H113N3O8. The van der Waals surface area contributed by atoms with Crippen LogP contribution in [0.25, 0.3) is 0 Å². The first kappa shape index (κ1) is 68.4. The van der Waals surface area contributed by atoms with Gasteiger partial charge in [-0.25, -0.2) is 0 Å². The van der Waals surface area contributed by atoms with Crippen molar-refractivity contribution in [1.29, 1.82) is 0 Å². The summed E-state index contributed by atoms with van der Waals surface area (Å²) in [4.78, 5) is 74.6. The van der Waals surface area contributed by atoms with Crippen LogP contribution in [0, 0.1) is 11.8 Å². The number of esters is 3. The predicted molar refractivity (Wildman–Crippen MR) is 314 cm³/mol. The second-order valence-electron chi connectivity index (χ2n) is 22.7. The lowest BCUT2D eigenvalue weighted by atomic mass is 9.83. The van der Waals surface area contributed by atoms with Gasteiger partial charge in [-0.05, 0) is 178 Å². The maximum atomic E-state index is 15.1. The fourth-order valence-electron chi connectivity index (χ4n) is 11.0. The van der Waals surface area contributed by atoms with Crippen molar-refractivity contribution in [2.24, 2.45) is 11.8 Å². The minimum atomic E-state index is -1.33. The van der Waals surface area contributed by atoms with E-state index in [1.54, 1.807) is 4.90 Å². The lowest BCUT2D eigenvalue weighted by molar-refractivity contribution is -0.152. The molecule has 2 rings (SSSR count). The highest BCUT2D eigenvalue weighted by Gasteiger charge is 2.45. The molecule has 11 heteroatoms. The molecule has 2 amide bonds. The van der Waals surface area contributed by atoms with Crippen LogP contribution >= 0.6 is 0 Å². The van der Waals surface area contributed by atoms with Crippen LogP contribution in [0.5, 0.6) is 0 Å². The Bertz CT molecular complexity index is 1650. The van der Waals surface area contributed by atoms with E-state index >= 15 is 9.59 Å². The zero-order valence-electron chi connectivity index (χ0n) is 50.0. The average molecular weight is 1060 g/mol. The molecule has 0 radical (unpaired) electrons. The van der Waals surface area contributed by atoms with E-state index in [1.165, 1.54) is 62.5 Å². The molecule has 0 saturated carbocycles. The fraction of sp³-hybridized carbons (Fsp3) is 0.800. The van der Waals surface area contributed by atoms with Crippen molar-refractivity contribution in [3.63, 3.8) is 0 Å². The number of hydrogen-bond donors (Lipinski definition) is 1. The molecule has 2 unspecified atom stereocenters. The van der Waals surface area contributed by atoms with E-state index < -0.39 is 5.54 Å². The lowest BCUT2D eigenvalue weighted by Crippen LogP contribution is -2.61. The Labute approximate surface area is 465 Å². The number of carbonyl (C=O) groups excluding carboxylic acids is 5. The van der Waals surface area contributed by atoms with Crippen molar-refractivity contribution < 1.29 is 38.2 Å². The fourth-order valence-corrected chi connectivity index (χ4v) is 11.0. The summed E-state index contributed by atoms with van der Waals surface area (Å²) >= 11 is 0. The van der Waals surface area contributed by atoms with E-state index in [9.17, 15) is 14.4 Å². The first-order valence-electron chi connectivity index (χ1n) is 31.2. The van der Waals surface area contributed by atoms with Gasteiger partial charge in [0.1, 0.15) is 24.9 Å². The van der Waals surface area contributed by atoms with E-state index in [2.05, 4.69) is 84.0 Å². The van der Waals surface area contributed by atoms with Gasteiger partial charge in [0.05, 0.1) is 0 Å². The minimum absolute atomic E-state index is 0.0720. The van der Waals surface area contributed by atoms with Crippen molar-refractivity contribution >= 4 is 29.7 Å². The second-order valence-corrected chi connectivity index (χ2v) is 22.7. The van der Waals surface area contributed by atoms with Crippen molar-refractivity contribution in [2.75, 3.05) is 45.9 Å². The van der Waals surface area contributed by atoms with Crippen molar-refractivity contribution in [3.8, 4) is 0 Å². The first-order chi connectivity index (χ1) is 36.7. The Morgan fingerprint density at radius 3 is 1.50 bits per heavy atom. The van der Waals surface area contributed by atoms with Crippen LogP contribution in [0.2, 0.25) is 0 Å². The molecule has 2 atom stereocenters. The Morgan fingerprint density at radius 1 is 0.579 bits per heavy atom. The number of ether oxygens (including phenoxy) is 3. The number of nitrogens with zero attached hydrogens (tertiary/aromatic N) is 2. The average Bonchev–Trinajstić information content (AvgIpc) is 3.41. The van der Waals surface area contributed by atoms with Gasteiger partial charge in [-0.1, -0.05) is 142 Å². The number of amides is 2. The van der Waals surface area contributed by atoms with E-state index in [1.807, 2.05) is 0 Å². The van der Waals surface area contributed by atoms with Gasteiger partial charge < -0.3 is 29.3 Å². The second kappa shape index (κ2) is 42.2. The molecule has 2 aliphatic carbocycles. The highest BCUT2D eigenvalue weighted by atomic mass is 16.5.